The minimum atomic E-state index is -0.417. The van der Waals surface area contributed by atoms with Crippen molar-refractivity contribution in [1.29, 1.82) is 0 Å². The molecule has 0 aromatic heterocycles. The third-order valence-corrected chi connectivity index (χ3v) is 7.15. The van der Waals surface area contributed by atoms with Crippen LogP contribution in [-0.4, -0.2) is 58.0 Å². The summed E-state index contributed by atoms with van der Waals surface area (Å²) in [6, 6.07) is 0. The third-order valence-electron chi connectivity index (χ3n) is 7.15. The summed E-state index contributed by atoms with van der Waals surface area (Å²) in [5.41, 5.74) is 0. The molecule has 0 radical (unpaired) electrons. The first-order chi connectivity index (χ1) is 15.7. The van der Waals surface area contributed by atoms with Gasteiger partial charge in [-0.15, -0.1) is 0 Å². The van der Waals surface area contributed by atoms with Crippen LogP contribution in [0.2, 0.25) is 0 Å². The van der Waals surface area contributed by atoms with E-state index in [1.807, 2.05) is 0 Å². The molecule has 0 unspecified atom stereocenters. The lowest BCUT2D eigenvalue weighted by atomic mass is 9.90. The molecule has 34 heavy (non-hydrogen) atoms. The Balaban J connectivity index is 0.000000481. The quantitative estimate of drug-likeness (QED) is 0.350. The summed E-state index contributed by atoms with van der Waals surface area (Å²) in [7, 11) is 3.40. The third kappa shape index (κ3) is 8.14. The first-order valence-corrected chi connectivity index (χ1v) is 13.4. The van der Waals surface area contributed by atoms with E-state index in [0.29, 0.717) is 35.5 Å². The zero-order valence-electron chi connectivity index (χ0n) is 24.9. The fourth-order valence-corrected chi connectivity index (χ4v) is 5.37. The molecule has 0 bridgehead atoms. The largest absolute Gasteiger partial charge is 0.353 e. The number of hydrogen-bond acceptors (Lipinski definition) is 6. The molecular weight excluding hydrogens is 432 g/mol. The molecule has 0 spiro atoms. The van der Waals surface area contributed by atoms with Gasteiger partial charge in [-0.1, -0.05) is 83.1 Å². The van der Waals surface area contributed by atoms with Crippen LogP contribution in [-0.2, 0) is 28.4 Å². The summed E-state index contributed by atoms with van der Waals surface area (Å²) in [6.45, 7) is 28.8. The van der Waals surface area contributed by atoms with Gasteiger partial charge in [0, 0.05) is 49.7 Å². The van der Waals surface area contributed by atoms with E-state index in [2.05, 4.69) is 83.1 Å². The summed E-state index contributed by atoms with van der Waals surface area (Å²) < 4.78 is 33.6. The molecule has 2 aliphatic heterocycles. The Morgan fingerprint density at radius 3 is 0.912 bits per heavy atom. The van der Waals surface area contributed by atoms with E-state index in [1.165, 1.54) is 0 Å². The lowest BCUT2D eigenvalue weighted by Crippen LogP contribution is -2.49. The van der Waals surface area contributed by atoms with Crippen LogP contribution in [0, 0.1) is 35.5 Å². The molecular formula is C28H58O6. The fourth-order valence-electron chi connectivity index (χ4n) is 5.37. The molecule has 0 atom stereocenters. The normalized spacial score (nSPS) is 20.1. The van der Waals surface area contributed by atoms with Crippen molar-refractivity contribution in [2.24, 2.45) is 35.5 Å². The van der Waals surface area contributed by atoms with Crippen molar-refractivity contribution in [3.63, 3.8) is 0 Å². The van der Waals surface area contributed by atoms with Gasteiger partial charge in [-0.05, 0) is 6.42 Å². The second-order valence-electron chi connectivity index (χ2n) is 11.2. The smallest absolute Gasteiger partial charge is 0.172 e. The van der Waals surface area contributed by atoms with Gasteiger partial charge >= 0.3 is 0 Å². The summed E-state index contributed by atoms with van der Waals surface area (Å²) in [6.07, 6.45) is 1.03. The van der Waals surface area contributed by atoms with Crippen molar-refractivity contribution in [2.45, 2.75) is 107 Å². The Labute approximate surface area is 211 Å². The highest BCUT2D eigenvalue weighted by Crippen LogP contribution is 2.35. The first-order valence-electron chi connectivity index (χ1n) is 13.4. The molecule has 0 aromatic rings. The predicted octanol–water partition coefficient (Wildman–Crippen LogP) is 6.76. The monoisotopic (exact) mass is 490 g/mol. The van der Waals surface area contributed by atoms with E-state index in [4.69, 9.17) is 28.4 Å². The standard InChI is InChI=1S/C10H20O2.C9H18O2.C9H20O2/c1-8(2)10(9(3)4)11-6-5-7-12-10;1-7(2)9(8(3)4)10-5-6-11-9;1-7(2)9(10-5,11-6)8(3)4/h8-9H,5-7H2,1-4H3;7-8H,5-6H2,1-4H3;7-8H,1-6H3. The zero-order valence-corrected chi connectivity index (χ0v) is 24.9. The number of methoxy groups -OCH3 is 2. The second-order valence-corrected chi connectivity index (χ2v) is 11.2. The topological polar surface area (TPSA) is 55.4 Å². The van der Waals surface area contributed by atoms with Crippen LogP contribution < -0.4 is 0 Å². The lowest BCUT2D eigenvalue weighted by Gasteiger charge is -2.43. The molecule has 206 valence electrons. The average molecular weight is 491 g/mol. The summed E-state index contributed by atoms with van der Waals surface area (Å²) in [5, 5.41) is 0. The molecule has 2 fully saturated rings. The Morgan fingerprint density at radius 1 is 0.500 bits per heavy atom. The maximum Gasteiger partial charge on any atom is 0.172 e. The van der Waals surface area contributed by atoms with Gasteiger partial charge in [0.25, 0.3) is 0 Å². The van der Waals surface area contributed by atoms with Crippen LogP contribution >= 0.6 is 0 Å². The number of hydrogen-bond donors (Lipinski definition) is 0. The molecule has 6 nitrogen and oxygen atoms in total. The van der Waals surface area contributed by atoms with Crippen molar-refractivity contribution in [2.75, 3.05) is 40.6 Å². The van der Waals surface area contributed by atoms with Crippen molar-refractivity contribution in [3.8, 4) is 0 Å². The molecule has 2 heterocycles. The van der Waals surface area contributed by atoms with E-state index < -0.39 is 5.79 Å². The molecule has 6 heteroatoms. The SMILES string of the molecule is CC(C)C1(C(C)C)OCCCO1.CC(C)C1(C(C)C)OCCO1.COC(OC)(C(C)C)C(C)C. The Kier molecular flexibility index (Phi) is 15.0. The second kappa shape index (κ2) is 15.1. The van der Waals surface area contributed by atoms with Gasteiger partial charge in [-0.25, -0.2) is 0 Å². The predicted molar refractivity (Wildman–Crippen MR) is 140 cm³/mol. The maximum atomic E-state index is 5.77. The first kappa shape index (κ1) is 33.8. The Bertz CT molecular complexity index is 467. The van der Waals surface area contributed by atoms with E-state index in [0.717, 1.165) is 32.8 Å². The van der Waals surface area contributed by atoms with E-state index in [9.17, 15) is 0 Å². The van der Waals surface area contributed by atoms with Gasteiger partial charge in [0.15, 0.2) is 17.4 Å². The summed E-state index contributed by atoms with van der Waals surface area (Å²) in [4.78, 5) is 0. The Hall–Kier alpha value is -0.240. The summed E-state index contributed by atoms with van der Waals surface area (Å²) in [5.74, 6) is 1.43. The fraction of sp³-hybridized carbons (Fsp3) is 1.00. The Morgan fingerprint density at radius 2 is 0.765 bits per heavy atom. The van der Waals surface area contributed by atoms with Crippen molar-refractivity contribution < 1.29 is 28.4 Å². The molecule has 0 N–H and O–H groups in total. The highest BCUT2D eigenvalue weighted by molar-refractivity contribution is 4.81. The van der Waals surface area contributed by atoms with Crippen LogP contribution in [0.5, 0.6) is 0 Å². The van der Waals surface area contributed by atoms with Crippen LogP contribution in [0.3, 0.4) is 0 Å². The van der Waals surface area contributed by atoms with Gasteiger partial charge < -0.3 is 28.4 Å². The van der Waals surface area contributed by atoms with Gasteiger partial charge in [0.05, 0.1) is 26.4 Å². The van der Waals surface area contributed by atoms with Crippen LogP contribution in [0.15, 0.2) is 0 Å². The van der Waals surface area contributed by atoms with E-state index >= 15 is 0 Å². The van der Waals surface area contributed by atoms with Gasteiger partial charge in [-0.3, -0.25) is 0 Å². The van der Waals surface area contributed by atoms with E-state index in [1.54, 1.807) is 14.2 Å². The van der Waals surface area contributed by atoms with Crippen molar-refractivity contribution in [1.82, 2.24) is 0 Å². The van der Waals surface area contributed by atoms with Crippen molar-refractivity contribution >= 4 is 0 Å². The van der Waals surface area contributed by atoms with Crippen LogP contribution in [0.25, 0.3) is 0 Å². The van der Waals surface area contributed by atoms with Crippen LogP contribution in [0.4, 0.5) is 0 Å². The molecule has 2 aliphatic rings. The highest BCUT2D eigenvalue weighted by atomic mass is 16.7. The minimum absolute atomic E-state index is 0.306. The highest BCUT2D eigenvalue weighted by Gasteiger charge is 2.43. The zero-order chi connectivity index (χ0) is 26.7. The molecule has 0 aliphatic carbocycles. The molecule has 0 aromatic carbocycles. The van der Waals surface area contributed by atoms with E-state index in [-0.39, 0.29) is 11.6 Å². The van der Waals surface area contributed by atoms with Gasteiger partial charge in [0.1, 0.15) is 0 Å². The number of rotatable bonds is 8. The maximum absolute atomic E-state index is 5.77. The lowest BCUT2D eigenvalue weighted by molar-refractivity contribution is -0.310. The minimum Gasteiger partial charge on any atom is -0.353 e. The van der Waals surface area contributed by atoms with Gasteiger partial charge in [-0.2, -0.15) is 0 Å². The van der Waals surface area contributed by atoms with Gasteiger partial charge in [0.2, 0.25) is 0 Å². The van der Waals surface area contributed by atoms with Crippen molar-refractivity contribution in [3.05, 3.63) is 0 Å². The van der Waals surface area contributed by atoms with Crippen LogP contribution in [0.1, 0.15) is 89.5 Å². The number of ether oxygens (including phenoxy) is 6. The molecule has 2 rings (SSSR count). The molecule has 2 saturated heterocycles. The summed E-state index contributed by atoms with van der Waals surface area (Å²) >= 11 is 0. The average Bonchev–Trinajstić information content (AvgIpc) is 3.27. The molecule has 0 saturated carbocycles. The molecule has 0 amide bonds.